The van der Waals surface area contributed by atoms with Crippen molar-refractivity contribution in [3.63, 3.8) is 0 Å². The molecular weight excluding hydrogens is 302 g/mol. The molecule has 1 aliphatic carbocycles. The Morgan fingerprint density at radius 2 is 1.92 bits per heavy atom. The number of likely N-dealkylation sites (tertiary alicyclic amines) is 1. The van der Waals surface area contributed by atoms with Crippen molar-refractivity contribution in [3.8, 4) is 0 Å². The zero-order valence-corrected chi connectivity index (χ0v) is 14.5. The summed E-state index contributed by atoms with van der Waals surface area (Å²) in [5.41, 5.74) is 1.13. The Kier molecular flexibility index (Phi) is 4.99. The van der Waals surface area contributed by atoms with Gasteiger partial charge in [0.25, 0.3) is 5.56 Å². The third-order valence-electron chi connectivity index (χ3n) is 5.83. The van der Waals surface area contributed by atoms with Gasteiger partial charge >= 0.3 is 0 Å². The number of nitrogens with zero attached hydrogens (tertiary/aromatic N) is 3. The molecule has 0 radical (unpaired) electrons. The first-order chi connectivity index (χ1) is 11.8. The van der Waals surface area contributed by atoms with Gasteiger partial charge in [0.05, 0.1) is 18.6 Å². The second-order valence-electron chi connectivity index (χ2n) is 7.91. The molecule has 0 N–H and O–H groups in total. The average molecular weight is 331 g/mol. The van der Waals surface area contributed by atoms with Crippen LogP contribution in [0.2, 0.25) is 0 Å². The van der Waals surface area contributed by atoms with Crippen molar-refractivity contribution < 1.29 is 4.74 Å². The number of hydrogen-bond acceptors (Lipinski definition) is 4. The van der Waals surface area contributed by atoms with Crippen LogP contribution >= 0.6 is 0 Å². The molecule has 4 rings (SSSR count). The summed E-state index contributed by atoms with van der Waals surface area (Å²) in [4.78, 5) is 19.4. The lowest BCUT2D eigenvalue weighted by molar-refractivity contribution is 0.0320. The Hall–Kier alpha value is -1.20. The fourth-order valence-electron chi connectivity index (χ4n) is 4.13. The molecule has 1 unspecified atom stereocenters. The summed E-state index contributed by atoms with van der Waals surface area (Å²) >= 11 is 0. The molecule has 132 valence electrons. The van der Waals surface area contributed by atoms with Gasteiger partial charge in [-0.2, -0.15) is 0 Å². The normalized spacial score (nSPS) is 26.6. The summed E-state index contributed by atoms with van der Waals surface area (Å²) in [6.45, 7) is 6.21. The first-order valence-electron chi connectivity index (χ1n) is 9.64. The lowest BCUT2D eigenvalue weighted by Gasteiger charge is -2.35. The van der Waals surface area contributed by atoms with Gasteiger partial charge in [-0.1, -0.05) is 0 Å². The topological polar surface area (TPSA) is 47.4 Å². The lowest BCUT2D eigenvalue weighted by atomic mass is 9.94. The number of piperidine rings is 1. The maximum Gasteiger partial charge on any atom is 0.253 e. The van der Waals surface area contributed by atoms with E-state index in [9.17, 15) is 4.79 Å². The van der Waals surface area contributed by atoms with Crippen LogP contribution in [-0.2, 0) is 11.3 Å². The van der Waals surface area contributed by atoms with Crippen LogP contribution in [-0.4, -0.2) is 47.3 Å². The van der Waals surface area contributed by atoms with Crippen molar-refractivity contribution in [1.29, 1.82) is 0 Å². The zero-order chi connectivity index (χ0) is 16.4. The van der Waals surface area contributed by atoms with Crippen LogP contribution in [0.15, 0.2) is 17.2 Å². The SMILES string of the molecule is O=c1cc(C2CC2)ncn1CC1CCN(CC2CCCOC2)CC1. The highest BCUT2D eigenvalue weighted by atomic mass is 16.5. The van der Waals surface area contributed by atoms with Crippen molar-refractivity contribution in [2.24, 2.45) is 11.8 Å². The van der Waals surface area contributed by atoms with E-state index in [0.717, 1.165) is 44.5 Å². The highest BCUT2D eigenvalue weighted by Crippen LogP contribution is 2.38. The number of ether oxygens (including phenoxy) is 1. The van der Waals surface area contributed by atoms with Gasteiger partial charge in [0.1, 0.15) is 0 Å². The first-order valence-corrected chi connectivity index (χ1v) is 9.64. The Bertz CT molecular complexity index is 597. The minimum atomic E-state index is 0.133. The van der Waals surface area contributed by atoms with Gasteiger partial charge in [0.2, 0.25) is 0 Å². The summed E-state index contributed by atoms with van der Waals surface area (Å²) in [5.74, 6) is 1.88. The summed E-state index contributed by atoms with van der Waals surface area (Å²) < 4.78 is 7.42. The molecule has 0 aromatic carbocycles. The van der Waals surface area contributed by atoms with Crippen LogP contribution in [0.4, 0.5) is 0 Å². The molecule has 0 spiro atoms. The Morgan fingerprint density at radius 1 is 1.08 bits per heavy atom. The van der Waals surface area contributed by atoms with Crippen LogP contribution < -0.4 is 5.56 Å². The van der Waals surface area contributed by atoms with Gasteiger partial charge < -0.3 is 9.64 Å². The molecule has 1 aromatic rings. The first kappa shape index (κ1) is 16.3. The number of aromatic nitrogens is 2. The maximum atomic E-state index is 12.3. The van der Waals surface area contributed by atoms with Crippen LogP contribution in [0.3, 0.4) is 0 Å². The smallest absolute Gasteiger partial charge is 0.253 e. The summed E-state index contributed by atoms with van der Waals surface area (Å²) in [5, 5.41) is 0. The third-order valence-corrected chi connectivity index (χ3v) is 5.83. The second kappa shape index (κ2) is 7.36. The molecule has 3 heterocycles. The van der Waals surface area contributed by atoms with E-state index < -0.39 is 0 Å². The van der Waals surface area contributed by atoms with Gasteiger partial charge in [-0.25, -0.2) is 4.98 Å². The molecule has 3 aliphatic rings. The van der Waals surface area contributed by atoms with E-state index in [4.69, 9.17) is 4.74 Å². The van der Waals surface area contributed by atoms with E-state index in [1.807, 2.05) is 4.57 Å². The fourth-order valence-corrected chi connectivity index (χ4v) is 4.13. The van der Waals surface area contributed by atoms with Crippen molar-refractivity contribution in [1.82, 2.24) is 14.5 Å². The van der Waals surface area contributed by atoms with Gasteiger partial charge in [-0.3, -0.25) is 9.36 Å². The number of rotatable bonds is 5. The van der Waals surface area contributed by atoms with E-state index in [1.165, 1.54) is 45.1 Å². The molecule has 2 saturated heterocycles. The highest BCUT2D eigenvalue weighted by Gasteiger charge is 2.26. The fraction of sp³-hybridized carbons (Fsp3) is 0.789. The van der Waals surface area contributed by atoms with Crippen LogP contribution in [0.5, 0.6) is 0 Å². The van der Waals surface area contributed by atoms with Gasteiger partial charge in [-0.15, -0.1) is 0 Å². The quantitative estimate of drug-likeness (QED) is 0.830. The largest absolute Gasteiger partial charge is 0.381 e. The van der Waals surface area contributed by atoms with Gasteiger partial charge in [0.15, 0.2) is 0 Å². The molecule has 5 heteroatoms. The molecule has 5 nitrogen and oxygen atoms in total. The van der Waals surface area contributed by atoms with Crippen LogP contribution in [0.1, 0.15) is 50.1 Å². The van der Waals surface area contributed by atoms with Gasteiger partial charge in [-0.05, 0) is 63.5 Å². The van der Waals surface area contributed by atoms with Crippen molar-refractivity contribution in [2.75, 3.05) is 32.8 Å². The predicted molar refractivity (Wildman–Crippen MR) is 93.2 cm³/mol. The van der Waals surface area contributed by atoms with E-state index in [0.29, 0.717) is 11.8 Å². The minimum absolute atomic E-state index is 0.133. The second-order valence-corrected chi connectivity index (χ2v) is 7.91. The third kappa shape index (κ3) is 4.06. The van der Waals surface area contributed by atoms with Crippen LogP contribution in [0.25, 0.3) is 0 Å². The van der Waals surface area contributed by atoms with Crippen molar-refractivity contribution >= 4 is 0 Å². The summed E-state index contributed by atoms with van der Waals surface area (Å²) in [7, 11) is 0. The average Bonchev–Trinajstić information content (AvgIpc) is 3.44. The van der Waals surface area contributed by atoms with Gasteiger partial charge in [0, 0.05) is 31.7 Å². The highest BCUT2D eigenvalue weighted by molar-refractivity contribution is 5.12. The minimum Gasteiger partial charge on any atom is -0.381 e. The Morgan fingerprint density at radius 3 is 2.58 bits per heavy atom. The van der Waals surface area contributed by atoms with Crippen molar-refractivity contribution in [3.05, 3.63) is 28.4 Å². The molecular formula is C19H29N3O2. The van der Waals surface area contributed by atoms with Crippen molar-refractivity contribution in [2.45, 2.75) is 51.0 Å². The Balaban J connectivity index is 1.26. The van der Waals surface area contributed by atoms with E-state index >= 15 is 0 Å². The predicted octanol–water partition coefficient (Wildman–Crippen LogP) is 2.26. The molecule has 1 aromatic heterocycles. The summed E-state index contributed by atoms with van der Waals surface area (Å²) in [6, 6.07) is 1.76. The van der Waals surface area contributed by atoms with E-state index in [-0.39, 0.29) is 5.56 Å². The molecule has 0 amide bonds. The van der Waals surface area contributed by atoms with E-state index in [2.05, 4.69) is 9.88 Å². The molecule has 2 aliphatic heterocycles. The standard InChI is InChI=1S/C19H29N3O2/c23-19-10-18(17-3-4-17)20-14-22(19)12-15-5-7-21(8-6-15)11-16-2-1-9-24-13-16/h10,14-17H,1-9,11-13H2. The molecule has 24 heavy (non-hydrogen) atoms. The lowest BCUT2D eigenvalue weighted by Crippen LogP contribution is -2.40. The van der Waals surface area contributed by atoms with Crippen LogP contribution in [0, 0.1) is 11.8 Å². The summed E-state index contributed by atoms with van der Waals surface area (Å²) in [6.07, 6.45) is 9.07. The molecule has 0 bridgehead atoms. The molecule has 1 atom stereocenters. The number of hydrogen-bond donors (Lipinski definition) is 0. The molecule has 3 fully saturated rings. The van der Waals surface area contributed by atoms with E-state index in [1.54, 1.807) is 12.4 Å². The maximum absolute atomic E-state index is 12.3. The zero-order valence-electron chi connectivity index (χ0n) is 14.5. The molecule has 1 saturated carbocycles. The Labute approximate surface area is 144 Å². The monoisotopic (exact) mass is 331 g/mol.